The summed E-state index contributed by atoms with van der Waals surface area (Å²) < 4.78 is 6.97. The van der Waals surface area contributed by atoms with Crippen LogP contribution in [0.4, 0.5) is 5.82 Å². The van der Waals surface area contributed by atoms with E-state index in [1.807, 2.05) is 0 Å². The monoisotopic (exact) mass is 402 g/mol. The molecule has 11 heteroatoms. The molecule has 0 atom stereocenters. The van der Waals surface area contributed by atoms with Gasteiger partial charge in [-0.1, -0.05) is 23.2 Å². The summed E-state index contributed by atoms with van der Waals surface area (Å²) in [4.78, 5) is 14.1. The molecule has 4 rings (SSSR count). The SMILES string of the molecule is O=[N+]([O-])c1ncccc1Oc1ccc2nnc(-c3cc(Cl)cc(Cl)c3)n2n1. The van der Waals surface area contributed by atoms with Gasteiger partial charge in [-0.25, -0.2) is 0 Å². The third-order valence-corrected chi connectivity index (χ3v) is 3.93. The van der Waals surface area contributed by atoms with Crippen LogP contribution in [0, 0.1) is 10.1 Å². The molecule has 0 aliphatic heterocycles. The van der Waals surface area contributed by atoms with Gasteiger partial charge in [-0.15, -0.1) is 15.3 Å². The molecule has 4 aromatic rings. The Hall–Kier alpha value is -3.30. The molecule has 0 saturated carbocycles. The molecule has 0 N–H and O–H groups in total. The minimum absolute atomic E-state index is 0.0326. The molecule has 3 aromatic heterocycles. The summed E-state index contributed by atoms with van der Waals surface area (Å²) in [6.45, 7) is 0. The third kappa shape index (κ3) is 3.37. The maximum absolute atomic E-state index is 11.1. The Balaban J connectivity index is 1.78. The van der Waals surface area contributed by atoms with E-state index in [9.17, 15) is 10.1 Å². The Morgan fingerprint density at radius 1 is 1.07 bits per heavy atom. The van der Waals surface area contributed by atoms with E-state index in [-0.39, 0.29) is 11.6 Å². The Labute approximate surface area is 161 Å². The van der Waals surface area contributed by atoms with Crippen LogP contribution in [0.1, 0.15) is 0 Å². The smallest absolute Gasteiger partial charge is 0.406 e. The van der Waals surface area contributed by atoms with Crippen LogP contribution >= 0.6 is 23.2 Å². The molecule has 0 spiro atoms. The van der Waals surface area contributed by atoms with E-state index in [0.717, 1.165) is 0 Å². The summed E-state index contributed by atoms with van der Waals surface area (Å²) >= 11 is 12.1. The van der Waals surface area contributed by atoms with Gasteiger partial charge in [-0.3, -0.25) is 0 Å². The van der Waals surface area contributed by atoms with Gasteiger partial charge in [0.15, 0.2) is 11.5 Å². The molecule has 0 amide bonds. The molecule has 3 heterocycles. The van der Waals surface area contributed by atoms with Gasteiger partial charge >= 0.3 is 5.82 Å². The van der Waals surface area contributed by atoms with Crippen LogP contribution < -0.4 is 4.74 Å². The van der Waals surface area contributed by atoms with Gasteiger partial charge in [0.1, 0.15) is 6.20 Å². The highest BCUT2D eigenvalue weighted by atomic mass is 35.5. The van der Waals surface area contributed by atoms with Crippen LogP contribution in [-0.4, -0.2) is 29.7 Å². The number of fused-ring (bicyclic) bond motifs is 1. The summed E-state index contributed by atoms with van der Waals surface area (Å²) in [5.74, 6) is 0.0492. The van der Waals surface area contributed by atoms with E-state index in [1.54, 1.807) is 24.3 Å². The number of aromatic nitrogens is 5. The Morgan fingerprint density at radius 3 is 2.59 bits per heavy atom. The number of ether oxygens (including phenoxy) is 1. The van der Waals surface area contributed by atoms with Crippen LogP contribution in [0.3, 0.4) is 0 Å². The number of halogens is 2. The summed E-state index contributed by atoms with van der Waals surface area (Å²) in [5, 5.41) is 24.4. The molecule has 0 aliphatic rings. The lowest BCUT2D eigenvalue weighted by atomic mass is 10.2. The summed E-state index contributed by atoms with van der Waals surface area (Å²) in [7, 11) is 0. The second-order valence-electron chi connectivity index (χ2n) is 5.31. The highest BCUT2D eigenvalue weighted by molar-refractivity contribution is 6.35. The summed E-state index contributed by atoms with van der Waals surface area (Å²) in [6, 6.07) is 11.0. The van der Waals surface area contributed by atoms with E-state index in [2.05, 4.69) is 20.3 Å². The molecule has 0 saturated heterocycles. The number of hydrogen-bond donors (Lipinski definition) is 0. The van der Waals surface area contributed by atoms with Crippen LogP contribution in [0.2, 0.25) is 10.0 Å². The molecule has 27 heavy (non-hydrogen) atoms. The maximum Gasteiger partial charge on any atom is 0.406 e. The molecular formula is C16H8Cl2N6O3. The lowest BCUT2D eigenvalue weighted by Gasteiger charge is -2.06. The van der Waals surface area contributed by atoms with Crippen molar-refractivity contribution in [1.29, 1.82) is 0 Å². The van der Waals surface area contributed by atoms with Gasteiger partial charge in [0.05, 0.1) is 0 Å². The first-order valence-corrected chi connectivity index (χ1v) is 8.23. The highest BCUT2D eigenvalue weighted by Gasteiger charge is 2.18. The molecule has 0 unspecified atom stereocenters. The summed E-state index contributed by atoms with van der Waals surface area (Å²) in [5.41, 5.74) is 1.06. The van der Waals surface area contributed by atoms with Crippen molar-refractivity contribution in [3.8, 4) is 23.0 Å². The third-order valence-electron chi connectivity index (χ3n) is 3.50. The lowest BCUT2D eigenvalue weighted by Crippen LogP contribution is -2.00. The van der Waals surface area contributed by atoms with Crippen molar-refractivity contribution in [2.45, 2.75) is 0 Å². The van der Waals surface area contributed by atoms with Crippen molar-refractivity contribution in [3.63, 3.8) is 0 Å². The highest BCUT2D eigenvalue weighted by Crippen LogP contribution is 2.29. The Morgan fingerprint density at radius 2 is 1.85 bits per heavy atom. The topological polar surface area (TPSA) is 108 Å². The molecule has 0 radical (unpaired) electrons. The van der Waals surface area contributed by atoms with Crippen LogP contribution in [0.15, 0.2) is 48.7 Å². The fourth-order valence-corrected chi connectivity index (χ4v) is 2.93. The molecule has 1 aromatic carbocycles. The fourth-order valence-electron chi connectivity index (χ4n) is 2.40. The fraction of sp³-hybridized carbons (Fsp3) is 0. The normalized spacial score (nSPS) is 10.9. The van der Waals surface area contributed by atoms with Gasteiger partial charge in [-0.05, 0) is 46.3 Å². The van der Waals surface area contributed by atoms with Crippen molar-refractivity contribution >= 4 is 34.7 Å². The standard InChI is InChI=1S/C16H8Cl2N6O3/c17-10-6-9(7-11(18)8-10)15-21-20-13-3-4-14(22-23(13)15)27-12-2-1-5-19-16(12)24(25)26/h1-8H. The van der Waals surface area contributed by atoms with Crippen molar-refractivity contribution in [3.05, 3.63) is 68.8 Å². The first-order valence-electron chi connectivity index (χ1n) is 7.47. The minimum atomic E-state index is -0.633. The number of nitrogens with zero attached hydrogens (tertiary/aromatic N) is 6. The van der Waals surface area contributed by atoms with Crippen molar-refractivity contribution in [2.75, 3.05) is 0 Å². The summed E-state index contributed by atoms with van der Waals surface area (Å²) in [6.07, 6.45) is 1.31. The minimum Gasteiger partial charge on any atom is -0.429 e. The number of nitro groups is 1. The second-order valence-corrected chi connectivity index (χ2v) is 6.18. The molecule has 9 nitrogen and oxygen atoms in total. The van der Waals surface area contributed by atoms with Crippen molar-refractivity contribution in [1.82, 2.24) is 24.8 Å². The number of rotatable bonds is 4. The van der Waals surface area contributed by atoms with E-state index < -0.39 is 10.7 Å². The van der Waals surface area contributed by atoms with Gasteiger partial charge in [0, 0.05) is 21.7 Å². The lowest BCUT2D eigenvalue weighted by molar-refractivity contribution is -0.390. The first kappa shape index (κ1) is 17.1. The molecule has 134 valence electrons. The predicted molar refractivity (Wildman–Crippen MR) is 97.2 cm³/mol. The number of benzene rings is 1. The molecule has 0 bridgehead atoms. The number of hydrogen-bond acceptors (Lipinski definition) is 7. The van der Waals surface area contributed by atoms with E-state index >= 15 is 0 Å². The maximum atomic E-state index is 11.1. The quantitative estimate of drug-likeness (QED) is 0.371. The first-order chi connectivity index (χ1) is 13.0. The van der Waals surface area contributed by atoms with Crippen LogP contribution in [-0.2, 0) is 0 Å². The molecular weight excluding hydrogens is 395 g/mol. The van der Waals surface area contributed by atoms with Gasteiger partial charge in [0.25, 0.3) is 0 Å². The zero-order valence-electron chi connectivity index (χ0n) is 13.3. The Kier molecular flexibility index (Phi) is 4.30. The van der Waals surface area contributed by atoms with Crippen molar-refractivity contribution < 1.29 is 9.66 Å². The number of pyridine rings is 1. The van der Waals surface area contributed by atoms with Crippen LogP contribution in [0.5, 0.6) is 11.6 Å². The Bertz CT molecular complexity index is 1160. The van der Waals surface area contributed by atoms with E-state index in [1.165, 1.54) is 28.9 Å². The van der Waals surface area contributed by atoms with E-state index in [4.69, 9.17) is 27.9 Å². The zero-order chi connectivity index (χ0) is 19.0. The predicted octanol–water partition coefficient (Wildman–Crippen LogP) is 4.19. The molecule has 0 fully saturated rings. The van der Waals surface area contributed by atoms with Gasteiger partial charge < -0.3 is 14.9 Å². The van der Waals surface area contributed by atoms with Gasteiger partial charge in [-0.2, -0.15) is 4.52 Å². The average Bonchev–Trinajstić information content (AvgIpc) is 3.04. The largest absolute Gasteiger partial charge is 0.429 e. The van der Waals surface area contributed by atoms with Gasteiger partial charge in [0.2, 0.25) is 11.6 Å². The average molecular weight is 403 g/mol. The molecule has 0 aliphatic carbocycles. The van der Waals surface area contributed by atoms with Crippen molar-refractivity contribution in [2.24, 2.45) is 0 Å². The van der Waals surface area contributed by atoms with E-state index in [0.29, 0.717) is 27.1 Å². The van der Waals surface area contributed by atoms with Crippen LogP contribution in [0.25, 0.3) is 17.0 Å². The second kappa shape index (κ2) is 6.78. The zero-order valence-corrected chi connectivity index (χ0v) is 14.8.